The maximum Gasteiger partial charge on any atom is 0.0916 e. The second-order valence-corrected chi connectivity index (χ2v) is 4.99. The molecule has 1 atom stereocenters. The van der Waals surface area contributed by atoms with E-state index in [0.717, 1.165) is 18.7 Å². The van der Waals surface area contributed by atoms with Gasteiger partial charge in [0.1, 0.15) is 0 Å². The fourth-order valence-electron chi connectivity index (χ4n) is 1.65. The predicted octanol–water partition coefficient (Wildman–Crippen LogP) is 1.52. The van der Waals surface area contributed by atoms with E-state index in [4.69, 9.17) is 0 Å². The third-order valence-corrected chi connectivity index (χ3v) is 2.88. The minimum Gasteiger partial charge on any atom is -0.387 e. The Kier molecular flexibility index (Phi) is 5.62. The number of benzene rings is 1. The fraction of sp³-hybridized carbons (Fsp3) is 0.571. The molecular weight excluding hydrogens is 212 g/mol. The number of hydrogen-bond acceptors (Lipinski definition) is 3. The van der Waals surface area contributed by atoms with Crippen LogP contribution >= 0.6 is 0 Å². The first-order valence-electron chi connectivity index (χ1n) is 6.07. The Morgan fingerprint density at radius 1 is 1.06 bits per heavy atom. The Hall–Kier alpha value is -0.900. The maximum atomic E-state index is 10.1. The van der Waals surface area contributed by atoms with Gasteiger partial charge in [0.2, 0.25) is 0 Å². The zero-order chi connectivity index (χ0) is 12.8. The van der Waals surface area contributed by atoms with Crippen LogP contribution in [0.5, 0.6) is 0 Å². The second kappa shape index (κ2) is 6.74. The molecule has 0 saturated carbocycles. The predicted molar refractivity (Wildman–Crippen MR) is 72.2 cm³/mol. The summed E-state index contributed by atoms with van der Waals surface area (Å²) in [6.07, 6.45) is -0.400. The molecule has 17 heavy (non-hydrogen) atoms. The van der Waals surface area contributed by atoms with Gasteiger partial charge in [0.25, 0.3) is 0 Å². The van der Waals surface area contributed by atoms with Crippen molar-refractivity contribution in [2.75, 3.05) is 40.8 Å². The molecule has 1 N–H and O–H groups in total. The lowest BCUT2D eigenvalue weighted by molar-refractivity contribution is 0.123. The van der Waals surface area contributed by atoms with Gasteiger partial charge in [-0.25, -0.2) is 0 Å². The summed E-state index contributed by atoms with van der Waals surface area (Å²) >= 11 is 0. The summed E-state index contributed by atoms with van der Waals surface area (Å²) in [4.78, 5) is 4.30. The van der Waals surface area contributed by atoms with Gasteiger partial charge >= 0.3 is 0 Å². The summed E-state index contributed by atoms with van der Waals surface area (Å²) in [6.45, 7) is 4.71. The van der Waals surface area contributed by atoms with Crippen molar-refractivity contribution in [1.29, 1.82) is 0 Å². The van der Waals surface area contributed by atoms with Crippen molar-refractivity contribution >= 4 is 0 Å². The smallest absolute Gasteiger partial charge is 0.0916 e. The third kappa shape index (κ3) is 5.31. The molecule has 0 amide bonds. The minimum atomic E-state index is -0.400. The SMILES string of the molecule is Cc1ccc(C(O)CN(C)CCN(C)C)cc1. The Balaban J connectivity index is 2.42. The first-order chi connectivity index (χ1) is 7.99. The molecule has 0 spiro atoms. The molecule has 0 bridgehead atoms. The van der Waals surface area contributed by atoms with Crippen molar-refractivity contribution < 1.29 is 5.11 Å². The highest BCUT2D eigenvalue weighted by molar-refractivity contribution is 5.23. The van der Waals surface area contributed by atoms with Crippen LogP contribution in [0.2, 0.25) is 0 Å². The van der Waals surface area contributed by atoms with Gasteiger partial charge in [0.05, 0.1) is 6.10 Å². The zero-order valence-corrected chi connectivity index (χ0v) is 11.3. The van der Waals surface area contributed by atoms with Gasteiger partial charge in [-0.1, -0.05) is 29.8 Å². The molecular formula is C14H24N2O. The van der Waals surface area contributed by atoms with E-state index >= 15 is 0 Å². The molecule has 0 heterocycles. The molecule has 1 aromatic rings. The van der Waals surface area contributed by atoms with Crippen LogP contribution in [-0.4, -0.2) is 55.7 Å². The van der Waals surface area contributed by atoms with Gasteiger partial charge in [0, 0.05) is 19.6 Å². The second-order valence-electron chi connectivity index (χ2n) is 4.99. The number of rotatable bonds is 6. The quantitative estimate of drug-likeness (QED) is 0.811. The van der Waals surface area contributed by atoms with Crippen LogP contribution in [0.25, 0.3) is 0 Å². The van der Waals surface area contributed by atoms with E-state index in [2.05, 4.69) is 30.8 Å². The van der Waals surface area contributed by atoms with Crippen LogP contribution in [0.1, 0.15) is 17.2 Å². The average molecular weight is 236 g/mol. The summed E-state index contributed by atoms with van der Waals surface area (Å²) in [5.41, 5.74) is 2.22. The molecule has 0 aromatic heterocycles. The lowest BCUT2D eigenvalue weighted by Crippen LogP contribution is -2.31. The van der Waals surface area contributed by atoms with Crippen molar-refractivity contribution in [3.05, 3.63) is 35.4 Å². The molecule has 0 radical (unpaired) electrons. The highest BCUT2D eigenvalue weighted by Gasteiger charge is 2.10. The van der Waals surface area contributed by atoms with E-state index in [1.165, 1.54) is 5.56 Å². The van der Waals surface area contributed by atoms with Gasteiger partial charge in [-0.3, -0.25) is 0 Å². The van der Waals surface area contributed by atoms with E-state index in [0.29, 0.717) is 6.54 Å². The summed E-state index contributed by atoms with van der Waals surface area (Å²) < 4.78 is 0. The number of aryl methyl sites for hydroxylation is 1. The first-order valence-corrected chi connectivity index (χ1v) is 6.07. The Labute approximate surface area is 105 Å². The fourth-order valence-corrected chi connectivity index (χ4v) is 1.65. The highest BCUT2D eigenvalue weighted by Crippen LogP contribution is 2.14. The molecule has 0 aliphatic carbocycles. The van der Waals surface area contributed by atoms with E-state index in [1.807, 2.05) is 31.3 Å². The number of aliphatic hydroxyl groups excluding tert-OH is 1. The monoisotopic (exact) mass is 236 g/mol. The topological polar surface area (TPSA) is 26.7 Å². The van der Waals surface area contributed by atoms with Crippen LogP contribution in [-0.2, 0) is 0 Å². The normalized spacial score (nSPS) is 13.4. The zero-order valence-electron chi connectivity index (χ0n) is 11.3. The van der Waals surface area contributed by atoms with Gasteiger partial charge in [-0.2, -0.15) is 0 Å². The van der Waals surface area contributed by atoms with Crippen molar-refractivity contribution in [2.45, 2.75) is 13.0 Å². The highest BCUT2D eigenvalue weighted by atomic mass is 16.3. The number of aliphatic hydroxyl groups is 1. The van der Waals surface area contributed by atoms with Crippen molar-refractivity contribution in [3.8, 4) is 0 Å². The standard InChI is InChI=1S/C14H24N2O/c1-12-5-7-13(8-6-12)14(17)11-16(4)10-9-15(2)3/h5-8,14,17H,9-11H2,1-4H3. The van der Waals surface area contributed by atoms with Gasteiger partial charge < -0.3 is 14.9 Å². The molecule has 0 fully saturated rings. The summed E-state index contributed by atoms with van der Waals surface area (Å²) in [5.74, 6) is 0. The maximum absolute atomic E-state index is 10.1. The van der Waals surface area contributed by atoms with Crippen molar-refractivity contribution in [1.82, 2.24) is 9.80 Å². The van der Waals surface area contributed by atoms with Gasteiger partial charge in [-0.05, 0) is 33.6 Å². The largest absolute Gasteiger partial charge is 0.387 e. The molecule has 0 saturated heterocycles. The van der Waals surface area contributed by atoms with Gasteiger partial charge in [-0.15, -0.1) is 0 Å². The van der Waals surface area contributed by atoms with Crippen molar-refractivity contribution in [3.63, 3.8) is 0 Å². The van der Waals surface area contributed by atoms with Crippen molar-refractivity contribution in [2.24, 2.45) is 0 Å². The Morgan fingerprint density at radius 3 is 2.18 bits per heavy atom. The summed E-state index contributed by atoms with van der Waals surface area (Å²) in [5, 5.41) is 10.1. The number of likely N-dealkylation sites (N-methyl/N-ethyl adjacent to an activating group) is 2. The minimum absolute atomic E-state index is 0.400. The lowest BCUT2D eigenvalue weighted by Gasteiger charge is -2.22. The van der Waals surface area contributed by atoms with E-state index in [1.54, 1.807) is 0 Å². The summed E-state index contributed by atoms with van der Waals surface area (Å²) in [6, 6.07) is 8.08. The van der Waals surface area contributed by atoms with Crippen LogP contribution in [0.15, 0.2) is 24.3 Å². The molecule has 0 aliphatic heterocycles. The number of nitrogens with zero attached hydrogens (tertiary/aromatic N) is 2. The average Bonchev–Trinajstić information content (AvgIpc) is 2.27. The van der Waals surface area contributed by atoms with E-state index in [9.17, 15) is 5.11 Å². The summed E-state index contributed by atoms with van der Waals surface area (Å²) in [7, 11) is 6.16. The molecule has 96 valence electrons. The Bertz CT molecular complexity index is 321. The van der Waals surface area contributed by atoms with Crippen LogP contribution < -0.4 is 0 Å². The molecule has 3 nitrogen and oxygen atoms in total. The molecule has 0 aliphatic rings. The third-order valence-electron chi connectivity index (χ3n) is 2.88. The lowest BCUT2D eigenvalue weighted by atomic mass is 10.1. The van der Waals surface area contributed by atoms with E-state index < -0.39 is 6.10 Å². The molecule has 3 heteroatoms. The van der Waals surface area contributed by atoms with Crippen LogP contribution in [0, 0.1) is 6.92 Å². The molecule has 1 aromatic carbocycles. The van der Waals surface area contributed by atoms with Crippen LogP contribution in [0.4, 0.5) is 0 Å². The molecule has 1 rings (SSSR count). The van der Waals surface area contributed by atoms with E-state index in [-0.39, 0.29) is 0 Å². The molecule has 1 unspecified atom stereocenters. The van der Waals surface area contributed by atoms with Crippen LogP contribution in [0.3, 0.4) is 0 Å². The Morgan fingerprint density at radius 2 is 1.65 bits per heavy atom. The first kappa shape index (κ1) is 14.2. The number of hydrogen-bond donors (Lipinski definition) is 1. The van der Waals surface area contributed by atoms with Gasteiger partial charge in [0.15, 0.2) is 0 Å².